The zero-order valence-corrected chi connectivity index (χ0v) is 15.3. The number of piperidine rings is 1. The second-order valence-corrected chi connectivity index (χ2v) is 6.87. The lowest BCUT2D eigenvalue weighted by Crippen LogP contribution is -2.32. The first kappa shape index (κ1) is 18.7. The number of likely N-dealkylation sites (tertiary alicyclic amines) is 1. The molecular weight excluding hydrogens is 336 g/mol. The number of pyridine rings is 1. The van der Waals surface area contributed by atoms with Crippen LogP contribution in [0.5, 0.6) is 0 Å². The molecule has 5 nitrogen and oxygen atoms in total. The summed E-state index contributed by atoms with van der Waals surface area (Å²) in [6, 6.07) is 16.3. The van der Waals surface area contributed by atoms with Gasteiger partial charge in [-0.15, -0.1) is 0 Å². The molecule has 0 radical (unpaired) electrons. The maximum absolute atomic E-state index is 12.3. The number of nitrogens with zero attached hydrogens (tertiary/aromatic N) is 3. The van der Waals surface area contributed by atoms with Crippen molar-refractivity contribution in [3.63, 3.8) is 0 Å². The third-order valence-electron chi connectivity index (χ3n) is 4.87. The molecule has 5 heteroatoms. The molecule has 1 aromatic heterocycles. The number of carbonyl (C=O) groups is 1. The molecule has 0 unspecified atom stereocenters. The van der Waals surface area contributed by atoms with Gasteiger partial charge in [0.05, 0.1) is 0 Å². The molecule has 1 aliphatic heterocycles. The van der Waals surface area contributed by atoms with Gasteiger partial charge < -0.3 is 10.2 Å². The molecule has 27 heavy (non-hydrogen) atoms. The van der Waals surface area contributed by atoms with Crippen molar-refractivity contribution in [2.24, 2.45) is 5.92 Å². The van der Waals surface area contributed by atoms with E-state index in [-0.39, 0.29) is 11.5 Å². The molecule has 3 rings (SSSR count). The fraction of sp³-hybridized carbons (Fsp3) is 0.318. The number of hydrogen-bond acceptors (Lipinski definition) is 4. The fourth-order valence-corrected chi connectivity index (χ4v) is 3.33. The van der Waals surface area contributed by atoms with Crippen LogP contribution >= 0.6 is 0 Å². The zero-order chi connectivity index (χ0) is 18.9. The summed E-state index contributed by atoms with van der Waals surface area (Å²) < 4.78 is 0. The number of nitrogens with one attached hydrogen (secondary N) is 1. The highest BCUT2D eigenvalue weighted by Gasteiger charge is 2.19. The molecule has 0 atom stereocenters. The van der Waals surface area contributed by atoms with Crippen molar-refractivity contribution in [1.82, 2.24) is 15.2 Å². The van der Waals surface area contributed by atoms with Gasteiger partial charge in [-0.1, -0.05) is 36.4 Å². The summed E-state index contributed by atoms with van der Waals surface area (Å²) in [5.41, 5.74) is 2.43. The number of rotatable bonds is 6. The van der Waals surface area contributed by atoms with E-state index in [0.717, 1.165) is 37.9 Å². The van der Waals surface area contributed by atoms with Crippen LogP contribution in [0.2, 0.25) is 0 Å². The van der Waals surface area contributed by atoms with Crippen LogP contribution < -0.4 is 5.32 Å². The number of benzene rings is 1. The maximum Gasteiger partial charge on any atom is 0.263 e. The van der Waals surface area contributed by atoms with Crippen LogP contribution in [-0.2, 0) is 17.8 Å². The van der Waals surface area contributed by atoms with E-state index in [9.17, 15) is 10.1 Å². The summed E-state index contributed by atoms with van der Waals surface area (Å²) in [6.45, 7) is 2.11. The summed E-state index contributed by atoms with van der Waals surface area (Å²) in [4.78, 5) is 18.4. The van der Waals surface area contributed by atoms with Crippen LogP contribution in [0.25, 0.3) is 0 Å². The highest BCUT2D eigenvalue weighted by molar-refractivity contribution is 5.97. The average Bonchev–Trinajstić information content (AvgIpc) is 2.73. The molecule has 138 valence electrons. The van der Waals surface area contributed by atoms with E-state index in [1.165, 1.54) is 5.56 Å². The summed E-state index contributed by atoms with van der Waals surface area (Å²) in [6.07, 6.45) is 8.33. The molecule has 0 saturated carbocycles. The number of hydrogen-bond donors (Lipinski definition) is 1. The minimum Gasteiger partial charge on any atom is -0.376 e. The highest BCUT2D eigenvalue weighted by atomic mass is 16.1. The van der Waals surface area contributed by atoms with Crippen LogP contribution in [0.4, 0.5) is 0 Å². The van der Waals surface area contributed by atoms with E-state index in [1.807, 2.05) is 24.3 Å². The predicted molar refractivity (Wildman–Crippen MR) is 104 cm³/mol. The van der Waals surface area contributed by atoms with Gasteiger partial charge in [-0.2, -0.15) is 5.26 Å². The van der Waals surface area contributed by atoms with Crippen molar-refractivity contribution < 1.29 is 4.79 Å². The van der Waals surface area contributed by atoms with E-state index in [0.29, 0.717) is 12.5 Å². The van der Waals surface area contributed by atoms with E-state index in [4.69, 9.17) is 0 Å². The van der Waals surface area contributed by atoms with Gasteiger partial charge in [-0.25, -0.2) is 0 Å². The number of carbonyl (C=O) groups excluding carboxylic acids is 1. The van der Waals surface area contributed by atoms with Gasteiger partial charge in [-0.05, 0) is 42.4 Å². The molecule has 1 aliphatic rings. The van der Waals surface area contributed by atoms with E-state index < -0.39 is 0 Å². The zero-order valence-electron chi connectivity index (χ0n) is 15.3. The monoisotopic (exact) mass is 360 g/mol. The van der Waals surface area contributed by atoms with Crippen molar-refractivity contribution in [3.05, 3.63) is 77.8 Å². The second-order valence-electron chi connectivity index (χ2n) is 6.87. The van der Waals surface area contributed by atoms with Gasteiger partial charge in [-0.3, -0.25) is 9.78 Å². The average molecular weight is 360 g/mol. The molecule has 0 aliphatic carbocycles. The molecule has 0 bridgehead atoms. The van der Waals surface area contributed by atoms with Crippen LogP contribution in [-0.4, -0.2) is 28.9 Å². The first-order valence-corrected chi connectivity index (χ1v) is 9.31. The van der Waals surface area contributed by atoms with E-state index in [1.54, 1.807) is 18.6 Å². The molecule has 2 heterocycles. The van der Waals surface area contributed by atoms with Crippen molar-refractivity contribution in [3.8, 4) is 6.07 Å². The Morgan fingerprint density at radius 3 is 2.59 bits per heavy atom. The Bertz CT molecular complexity index is 803. The first-order valence-electron chi connectivity index (χ1n) is 9.31. The van der Waals surface area contributed by atoms with E-state index in [2.05, 4.69) is 39.5 Å². The van der Waals surface area contributed by atoms with Crippen molar-refractivity contribution >= 4 is 5.91 Å². The van der Waals surface area contributed by atoms with Gasteiger partial charge in [0.15, 0.2) is 0 Å². The minimum absolute atomic E-state index is 0.153. The third kappa shape index (κ3) is 5.68. The summed E-state index contributed by atoms with van der Waals surface area (Å²) >= 11 is 0. The van der Waals surface area contributed by atoms with Gasteiger partial charge in [0, 0.05) is 38.2 Å². The Kier molecular flexibility index (Phi) is 6.59. The topological polar surface area (TPSA) is 69.0 Å². The lowest BCUT2D eigenvalue weighted by atomic mass is 9.90. The molecule has 1 saturated heterocycles. The Hall–Kier alpha value is -3.13. The molecule has 2 aromatic rings. The smallest absolute Gasteiger partial charge is 0.263 e. The lowest BCUT2D eigenvalue weighted by Gasteiger charge is -2.31. The van der Waals surface area contributed by atoms with Gasteiger partial charge in [0.1, 0.15) is 11.6 Å². The Morgan fingerprint density at radius 1 is 1.19 bits per heavy atom. The summed E-state index contributed by atoms with van der Waals surface area (Å²) in [5, 5.41) is 12.1. The number of nitriles is 1. The Labute approximate surface area is 160 Å². The third-order valence-corrected chi connectivity index (χ3v) is 4.87. The second kappa shape index (κ2) is 9.54. The molecule has 1 amide bonds. The van der Waals surface area contributed by atoms with Crippen LogP contribution in [0.15, 0.2) is 66.6 Å². The number of amides is 1. The normalized spacial score (nSPS) is 15.2. The van der Waals surface area contributed by atoms with Crippen molar-refractivity contribution in [2.45, 2.75) is 25.8 Å². The molecular formula is C22H24N4O. The molecule has 1 N–H and O–H groups in total. The van der Waals surface area contributed by atoms with Gasteiger partial charge in [0.2, 0.25) is 0 Å². The lowest BCUT2D eigenvalue weighted by molar-refractivity contribution is -0.117. The van der Waals surface area contributed by atoms with Gasteiger partial charge in [0.25, 0.3) is 5.91 Å². The SMILES string of the molecule is N#C/C(=C/N1CCC(Cc2ccccc2)CC1)C(=O)NCc1cccnc1. The summed E-state index contributed by atoms with van der Waals surface area (Å²) in [7, 11) is 0. The first-order chi connectivity index (χ1) is 13.2. The van der Waals surface area contributed by atoms with Crippen molar-refractivity contribution in [2.75, 3.05) is 13.1 Å². The quantitative estimate of drug-likeness (QED) is 0.635. The molecule has 1 aromatic carbocycles. The predicted octanol–water partition coefficient (Wildman–Crippen LogP) is 3.06. The van der Waals surface area contributed by atoms with Gasteiger partial charge >= 0.3 is 0 Å². The molecule has 0 spiro atoms. The largest absolute Gasteiger partial charge is 0.376 e. The van der Waals surface area contributed by atoms with Crippen LogP contribution in [0.3, 0.4) is 0 Å². The molecule has 1 fully saturated rings. The van der Waals surface area contributed by atoms with E-state index >= 15 is 0 Å². The summed E-state index contributed by atoms with van der Waals surface area (Å²) in [5.74, 6) is 0.315. The number of aromatic nitrogens is 1. The highest BCUT2D eigenvalue weighted by Crippen LogP contribution is 2.22. The Morgan fingerprint density at radius 2 is 1.93 bits per heavy atom. The maximum atomic E-state index is 12.3. The van der Waals surface area contributed by atoms with Crippen LogP contribution in [0, 0.1) is 17.2 Å². The standard InChI is InChI=1S/C22H24N4O/c23-14-21(22(27)25-16-20-7-4-10-24-15-20)17-26-11-8-19(9-12-26)13-18-5-2-1-3-6-18/h1-7,10,15,17,19H,8-9,11-13,16H2,(H,25,27)/b21-17-. The minimum atomic E-state index is -0.340. The fourth-order valence-electron chi connectivity index (χ4n) is 3.33. The van der Waals surface area contributed by atoms with Crippen LogP contribution in [0.1, 0.15) is 24.0 Å². The van der Waals surface area contributed by atoms with Crippen molar-refractivity contribution in [1.29, 1.82) is 5.26 Å². The Balaban J connectivity index is 1.49.